The normalized spacial score (nSPS) is 17.9. The quantitative estimate of drug-likeness (QED) is 0.678. The molecule has 0 amide bonds. The number of aryl methyl sites for hydroxylation is 1. The molecule has 1 aromatic rings. The molecular weight excluding hydrogens is 160 g/mol. The molecule has 1 saturated carbocycles. The zero-order valence-electron chi connectivity index (χ0n) is 6.41. The number of rotatable bonds is 2. The summed E-state index contributed by atoms with van der Waals surface area (Å²) in [4.78, 5) is 0. The molecule has 0 unspecified atom stereocenters. The van der Waals surface area contributed by atoms with Crippen LogP contribution in [0.1, 0.15) is 24.3 Å². The number of nitrogens with zero attached hydrogens (tertiary/aromatic N) is 2. The zero-order chi connectivity index (χ0) is 7.68. The summed E-state index contributed by atoms with van der Waals surface area (Å²) in [5, 5.41) is 9.46. The molecular formula is C7H10N2OS. The van der Waals surface area contributed by atoms with Crippen molar-refractivity contribution in [2.24, 2.45) is 0 Å². The second-order valence-electron chi connectivity index (χ2n) is 2.76. The summed E-state index contributed by atoms with van der Waals surface area (Å²) in [6.07, 6.45) is 4.07. The van der Waals surface area contributed by atoms with E-state index < -0.39 is 0 Å². The molecule has 0 N–H and O–H groups in total. The van der Waals surface area contributed by atoms with E-state index in [-0.39, 0.29) is 0 Å². The van der Waals surface area contributed by atoms with Gasteiger partial charge in [0, 0.05) is 0 Å². The highest BCUT2D eigenvalue weighted by Crippen LogP contribution is 2.26. The van der Waals surface area contributed by atoms with Gasteiger partial charge in [-0.2, -0.15) is 0 Å². The molecule has 0 aliphatic heterocycles. The Kier molecular flexibility index (Phi) is 1.77. The van der Waals surface area contributed by atoms with E-state index in [1.165, 1.54) is 30.6 Å². The predicted octanol–water partition coefficient (Wildman–Crippen LogP) is 1.78. The molecule has 60 valence electrons. The molecule has 0 spiro atoms. The van der Waals surface area contributed by atoms with E-state index in [1.54, 1.807) is 0 Å². The van der Waals surface area contributed by atoms with Crippen LogP contribution in [0.25, 0.3) is 0 Å². The van der Waals surface area contributed by atoms with Gasteiger partial charge in [-0.05, 0) is 26.2 Å². The Balaban J connectivity index is 1.95. The van der Waals surface area contributed by atoms with Gasteiger partial charge in [0.15, 0.2) is 0 Å². The maximum atomic E-state index is 5.52. The maximum Gasteiger partial charge on any atom is 0.294 e. The Morgan fingerprint density at radius 3 is 2.73 bits per heavy atom. The van der Waals surface area contributed by atoms with Gasteiger partial charge in [0.05, 0.1) is 0 Å². The van der Waals surface area contributed by atoms with E-state index in [0.29, 0.717) is 6.10 Å². The molecule has 0 bridgehead atoms. The smallest absolute Gasteiger partial charge is 0.294 e. The second kappa shape index (κ2) is 2.77. The first-order chi connectivity index (χ1) is 5.34. The Labute approximate surface area is 69.4 Å². The van der Waals surface area contributed by atoms with E-state index in [9.17, 15) is 0 Å². The highest BCUT2D eigenvalue weighted by Gasteiger charge is 2.20. The Bertz CT molecular complexity index is 244. The standard InChI is InChI=1S/C7H10N2OS/c1-5-8-9-7(11-5)10-6-3-2-4-6/h6H,2-4H2,1H3. The molecule has 4 heteroatoms. The van der Waals surface area contributed by atoms with Gasteiger partial charge in [0.25, 0.3) is 5.19 Å². The lowest BCUT2D eigenvalue weighted by Crippen LogP contribution is -2.24. The lowest BCUT2D eigenvalue weighted by molar-refractivity contribution is 0.119. The van der Waals surface area contributed by atoms with Gasteiger partial charge >= 0.3 is 0 Å². The topological polar surface area (TPSA) is 35.0 Å². The fraction of sp³-hybridized carbons (Fsp3) is 0.714. The third-order valence-corrected chi connectivity index (χ3v) is 2.56. The molecule has 11 heavy (non-hydrogen) atoms. The molecule has 3 nitrogen and oxygen atoms in total. The van der Waals surface area contributed by atoms with E-state index in [1.807, 2.05) is 6.92 Å². The fourth-order valence-corrected chi connectivity index (χ4v) is 1.56. The second-order valence-corrected chi connectivity index (χ2v) is 3.90. The molecule has 1 aliphatic rings. The molecule has 1 aromatic heterocycles. The molecule has 0 radical (unpaired) electrons. The van der Waals surface area contributed by atoms with Gasteiger partial charge in [-0.1, -0.05) is 11.3 Å². The van der Waals surface area contributed by atoms with Crippen molar-refractivity contribution >= 4 is 11.3 Å². The van der Waals surface area contributed by atoms with Crippen molar-refractivity contribution < 1.29 is 4.74 Å². The minimum Gasteiger partial charge on any atom is -0.466 e. The van der Waals surface area contributed by atoms with E-state index in [0.717, 1.165) is 10.2 Å². The minimum atomic E-state index is 0.419. The molecule has 0 atom stereocenters. The third-order valence-electron chi connectivity index (χ3n) is 1.83. The van der Waals surface area contributed by atoms with Crippen molar-refractivity contribution in [1.29, 1.82) is 0 Å². The van der Waals surface area contributed by atoms with Crippen molar-refractivity contribution in [3.8, 4) is 5.19 Å². The summed E-state index contributed by atoms with van der Waals surface area (Å²) in [5.41, 5.74) is 0. The van der Waals surface area contributed by atoms with Crippen LogP contribution >= 0.6 is 11.3 Å². The SMILES string of the molecule is Cc1nnc(OC2CCC2)s1. The number of aromatic nitrogens is 2. The zero-order valence-corrected chi connectivity index (χ0v) is 7.23. The van der Waals surface area contributed by atoms with Crippen LogP contribution < -0.4 is 4.74 Å². The van der Waals surface area contributed by atoms with Crippen LogP contribution in [-0.2, 0) is 0 Å². The summed E-state index contributed by atoms with van der Waals surface area (Å²) in [6, 6.07) is 0. The summed E-state index contributed by atoms with van der Waals surface area (Å²) in [6.45, 7) is 1.94. The minimum absolute atomic E-state index is 0.419. The van der Waals surface area contributed by atoms with E-state index in [2.05, 4.69) is 10.2 Å². The number of hydrogen-bond donors (Lipinski definition) is 0. The van der Waals surface area contributed by atoms with Crippen LogP contribution in [0.5, 0.6) is 5.19 Å². The average Bonchev–Trinajstić information content (AvgIpc) is 2.27. The highest BCUT2D eigenvalue weighted by atomic mass is 32.1. The van der Waals surface area contributed by atoms with Crippen LogP contribution in [0.3, 0.4) is 0 Å². The van der Waals surface area contributed by atoms with Crippen LogP contribution in [0, 0.1) is 6.92 Å². The van der Waals surface area contributed by atoms with Crippen LogP contribution in [0.15, 0.2) is 0 Å². The molecule has 1 fully saturated rings. The summed E-state index contributed by atoms with van der Waals surface area (Å²) >= 11 is 1.52. The third kappa shape index (κ3) is 1.50. The largest absolute Gasteiger partial charge is 0.466 e. The lowest BCUT2D eigenvalue weighted by Gasteiger charge is -2.24. The summed E-state index contributed by atoms with van der Waals surface area (Å²) < 4.78 is 5.52. The lowest BCUT2D eigenvalue weighted by atomic mass is 9.96. The number of hydrogen-bond acceptors (Lipinski definition) is 4. The van der Waals surface area contributed by atoms with Crippen molar-refractivity contribution in [2.75, 3.05) is 0 Å². The monoisotopic (exact) mass is 170 g/mol. The molecule has 2 rings (SSSR count). The van der Waals surface area contributed by atoms with Gasteiger partial charge < -0.3 is 4.74 Å². The Morgan fingerprint density at radius 2 is 2.27 bits per heavy atom. The van der Waals surface area contributed by atoms with Crippen LogP contribution in [0.2, 0.25) is 0 Å². The molecule has 1 aliphatic carbocycles. The first kappa shape index (κ1) is 7.03. The van der Waals surface area contributed by atoms with Gasteiger partial charge in [-0.25, -0.2) is 0 Å². The van der Waals surface area contributed by atoms with Crippen molar-refractivity contribution in [3.05, 3.63) is 5.01 Å². The van der Waals surface area contributed by atoms with Crippen molar-refractivity contribution in [3.63, 3.8) is 0 Å². The fourth-order valence-electron chi connectivity index (χ4n) is 0.957. The highest BCUT2D eigenvalue weighted by molar-refractivity contribution is 7.12. The predicted molar refractivity (Wildman–Crippen MR) is 42.9 cm³/mol. The molecule has 0 saturated heterocycles. The average molecular weight is 170 g/mol. The van der Waals surface area contributed by atoms with E-state index >= 15 is 0 Å². The Morgan fingerprint density at radius 1 is 1.45 bits per heavy atom. The van der Waals surface area contributed by atoms with Crippen molar-refractivity contribution in [2.45, 2.75) is 32.3 Å². The van der Waals surface area contributed by atoms with Crippen LogP contribution in [-0.4, -0.2) is 16.3 Å². The summed E-state index contributed by atoms with van der Waals surface area (Å²) in [7, 11) is 0. The number of ether oxygens (including phenoxy) is 1. The summed E-state index contributed by atoms with van der Waals surface area (Å²) in [5.74, 6) is 0. The van der Waals surface area contributed by atoms with Gasteiger partial charge in [-0.15, -0.1) is 10.2 Å². The van der Waals surface area contributed by atoms with Crippen molar-refractivity contribution in [1.82, 2.24) is 10.2 Å². The maximum absolute atomic E-state index is 5.52. The first-order valence-electron chi connectivity index (χ1n) is 3.81. The molecule has 0 aromatic carbocycles. The first-order valence-corrected chi connectivity index (χ1v) is 4.63. The van der Waals surface area contributed by atoms with Gasteiger partial charge in [-0.3, -0.25) is 0 Å². The van der Waals surface area contributed by atoms with E-state index in [4.69, 9.17) is 4.74 Å². The van der Waals surface area contributed by atoms with Crippen LogP contribution in [0.4, 0.5) is 0 Å². The molecule has 1 heterocycles. The van der Waals surface area contributed by atoms with Gasteiger partial charge in [0.2, 0.25) is 0 Å². The Hall–Kier alpha value is -0.640. The van der Waals surface area contributed by atoms with Gasteiger partial charge in [0.1, 0.15) is 11.1 Å².